The Morgan fingerprint density at radius 3 is 2.55 bits per heavy atom. The number of nitrogens with zero attached hydrogens (tertiary/aromatic N) is 1. The Morgan fingerprint density at radius 1 is 1.03 bits per heavy atom. The van der Waals surface area contributed by atoms with E-state index in [-0.39, 0.29) is 18.6 Å². The summed E-state index contributed by atoms with van der Waals surface area (Å²) in [6.45, 7) is 2.60. The van der Waals surface area contributed by atoms with E-state index < -0.39 is 5.63 Å². The molecule has 7 nitrogen and oxygen atoms in total. The number of amides is 1. The number of carbonyl (C=O) groups excluding carboxylic acids is 1. The third-order valence-corrected chi connectivity index (χ3v) is 6.83. The zero-order valence-corrected chi connectivity index (χ0v) is 21.6. The van der Waals surface area contributed by atoms with Crippen molar-refractivity contribution in [2.45, 2.75) is 19.4 Å². The number of methoxy groups -OCH3 is 2. The summed E-state index contributed by atoms with van der Waals surface area (Å²) < 4.78 is 22.7. The van der Waals surface area contributed by atoms with Gasteiger partial charge in [0.1, 0.15) is 17.9 Å². The molecule has 0 N–H and O–H groups in total. The largest absolute Gasteiger partial charge is 0.493 e. The molecule has 1 aliphatic rings. The molecule has 0 bridgehead atoms. The van der Waals surface area contributed by atoms with Crippen molar-refractivity contribution < 1.29 is 23.4 Å². The van der Waals surface area contributed by atoms with Gasteiger partial charge in [0.15, 0.2) is 11.5 Å². The molecule has 1 amide bonds. The zero-order valence-electron chi connectivity index (χ0n) is 21.6. The predicted molar refractivity (Wildman–Crippen MR) is 146 cm³/mol. The van der Waals surface area contributed by atoms with Crippen molar-refractivity contribution in [2.75, 3.05) is 27.4 Å². The van der Waals surface area contributed by atoms with Gasteiger partial charge in [-0.15, -0.1) is 0 Å². The van der Waals surface area contributed by atoms with Gasteiger partial charge in [-0.05, 0) is 65.9 Å². The van der Waals surface area contributed by atoms with Gasteiger partial charge in [-0.2, -0.15) is 0 Å². The first kappa shape index (κ1) is 25.1. The molecule has 7 heteroatoms. The molecule has 0 saturated heterocycles. The van der Waals surface area contributed by atoms with Crippen LogP contribution in [-0.2, 0) is 11.2 Å². The molecule has 0 fully saturated rings. The Kier molecular flexibility index (Phi) is 7.18. The van der Waals surface area contributed by atoms with Crippen LogP contribution in [-0.4, -0.2) is 38.2 Å². The summed E-state index contributed by atoms with van der Waals surface area (Å²) in [5.74, 6) is 1.68. The fraction of sp³-hybridized carbons (Fsp3) is 0.226. The minimum absolute atomic E-state index is 0.108. The van der Waals surface area contributed by atoms with E-state index in [4.69, 9.17) is 18.6 Å². The maximum atomic E-state index is 13.4. The molecule has 1 aliphatic heterocycles. The molecule has 4 aromatic rings. The van der Waals surface area contributed by atoms with Crippen molar-refractivity contribution in [1.29, 1.82) is 0 Å². The first-order valence-corrected chi connectivity index (χ1v) is 12.4. The minimum atomic E-state index is -0.406. The van der Waals surface area contributed by atoms with Gasteiger partial charge >= 0.3 is 5.63 Å². The lowest BCUT2D eigenvalue weighted by molar-refractivity contribution is -0.129. The van der Waals surface area contributed by atoms with Crippen LogP contribution < -0.4 is 19.8 Å². The van der Waals surface area contributed by atoms with E-state index in [9.17, 15) is 9.59 Å². The fourth-order valence-electron chi connectivity index (χ4n) is 4.87. The molecule has 0 unspecified atom stereocenters. The lowest BCUT2D eigenvalue weighted by Crippen LogP contribution is -2.41. The fourth-order valence-corrected chi connectivity index (χ4v) is 4.87. The van der Waals surface area contributed by atoms with Crippen molar-refractivity contribution in [3.05, 3.63) is 105 Å². The summed E-state index contributed by atoms with van der Waals surface area (Å²) in [7, 11) is 3.20. The van der Waals surface area contributed by atoms with Gasteiger partial charge in [-0.1, -0.05) is 30.3 Å². The lowest BCUT2D eigenvalue weighted by Gasteiger charge is -2.37. The topological polar surface area (TPSA) is 78.2 Å². The maximum absolute atomic E-state index is 13.4. The number of fused-ring (bicyclic) bond motifs is 2. The van der Waals surface area contributed by atoms with Crippen molar-refractivity contribution in [1.82, 2.24) is 4.90 Å². The van der Waals surface area contributed by atoms with Crippen LogP contribution in [0.15, 0.2) is 82.0 Å². The lowest BCUT2D eigenvalue weighted by atomic mass is 9.92. The summed E-state index contributed by atoms with van der Waals surface area (Å²) in [6.07, 6.45) is 4.09. The van der Waals surface area contributed by atoms with E-state index in [0.717, 1.165) is 27.6 Å². The van der Waals surface area contributed by atoms with Crippen LogP contribution in [0.4, 0.5) is 0 Å². The van der Waals surface area contributed by atoms with Crippen molar-refractivity contribution in [3.8, 4) is 17.2 Å². The Bertz CT molecular complexity index is 1560. The quantitative estimate of drug-likeness (QED) is 0.246. The van der Waals surface area contributed by atoms with Crippen LogP contribution in [0.5, 0.6) is 17.2 Å². The predicted octanol–water partition coefficient (Wildman–Crippen LogP) is 5.34. The van der Waals surface area contributed by atoms with Crippen molar-refractivity contribution in [3.63, 3.8) is 0 Å². The molecule has 2 heterocycles. The van der Waals surface area contributed by atoms with Crippen LogP contribution in [0.1, 0.15) is 28.3 Å². The van der Waals surface area contributed by atoms with Crippen LogP contribution in [0.2, 0.25) is 0 Å². The number of hydrogen-bond donors (Lipinski definition) is 0. The van der Waals surface area contributed by atoms with Gasteiger partial charge in [-0.25, -0.2) is 4.79 Å². The second-order valence-corrected chi connectivity index (χ2v) is 9.16. The molecule has 0 radical (unpaired) electrons. The Balaban J connectivity index is 1.47. The Hall–Kier alpha value is -4.52. The first-order valence-electron chi connectivity index (χ1n) is 12.4. The summed E-state index contributed by atoms with van der Waals surface area (Å²) >= 11 is 0. The summed E-state index contributed by atoms with van der Waals surface area (Å²) in [5, 5.41) is 0.847. The SMILES string of the molecule is COc1cc2c(cc1OC)[C@H](COc1ccc3c(C)cc(=O)oc3c1)N(C(=O)/C=C/c1ccccc1)CC2. The number of benzene rings is 3. The smallest absolute Gasteiger partial charge is 0.336 e. The number of carbonyl (C=O) groups is 1. The third kappa shape index (κ3) is 5.13. The van der Waals surface area contributed by atoms with E-state index in [1.807, 2.05) is 72.5 Å². The zero-order chi connectivity index (χ0) is 26.6. The number of hydrogen-bond acceptors (Lipinski definition) is 6. The molecule has 5 rings (SSSR count). The monoisotopic (exact) mass is 511 g/mol. The molecule has 0 spiro atoms. The van der Waals surface area contributed by atoms with Crippen molar-refractivity contribution in [2.24, 2.45) is 0 Å². The first-order chi connectivity index (χ1) is 18.5. The molecular weight excluding hydrogens is 482 g/mol. The van der Waals surface area contributed by atoms with Gasteiger partial charge in [0.2, 0.25) is 5.91 Å². The van der Waals surface area contributed by atoms with Crippen LogP contribution >= 0.6 is 0 Å². The molecule has 3 aromatic carbocycles. The van der Waals surface area contributed by atoms with E-state index >= 15 is 0 Å². The average Bonchev–Trinajstić information content (AvgIpc) is 2.93. The van der Waals surface area contributed by atoms with Crippen LogP contribution in [0.3, 0.4) is 0 Å². The minimum Gasteiger partial charge on any atom is -0.493 e. The van der Waals surface area contributed by atoms with Gasteiger partial charge < -0.3 is 23.5 Å². The Morgan fingerprint density at radius 2 is 1.79 bits per heavy atom. The molecule has 1 atom stereocenters. The maximum Gasteiger partial charge on any atom is 0.336 e. The summed E-state index contributed by atoms with van der Waals surface area (Å²) in [6, 6.07) is 20.1. The number of aryl methyl sites for hydroxylation is 1. The standard InChI is InChI=1S/C31H29NO6/c1-20-15-31(34)38-27-17-23(10-11-24(20)27)37-19-26-25-18-29(36-3)28(35-2)16-22(25)13-14-32(26)30(33)12-9-21-7-5-4-6-8-21/h4-12,15-18,26H,13-14,19H2,1-3H3/b12-9+/t26-/m0/s1. The second kappa shape index (κ2) is 10.8. The van der Waals surface area contributed by atoms with Gasteiger partial charge in [0.05, 0.1) is 20.3 Å². The van der Waals surface area contributed by atoms with Crippen LogP contribution in [0, 0.1) is 6.92 Å². The molecule has 38 heavy (non-hydrogen) atoms. The number of rotatable bonds is 7. The number of ether oxygens (including phenoxy) is 3. The highest BCUT2D eigenvalue weighted by atomic mass is 16.5. The van der Waals surface area contributed by atoms with E-state index in [0.29, 0.717) is 35.8 Å². The highest BCUT2D eigenvalue weighted by Crippen LogP contribution is 2.38. The normalized spacial score (nSPS) is 14.9. The summed E-state index contributed by atoms with van der Waals surface area (Å²) in [5.41, 5.74) is 3.86. The van der Waals surface area contributed by atoms with Gasteiger partial charge in [-0.3, -0.25) is 4.79 Å². The van der Waals surface area contributed by atoms with Gasteiger partial charge in [0.25, 0.3) is 0 Å². The molecule has 0 saturated carbocycles. The van der Waals surface area contributed by atoms with Crippen molar-refractivity contribution >= 4 is 23.0 Å². The third-order valence-electron chi connectivity index (χ3n) is 6.83. The van der Waals surface area contributed by atoms with E-state index in [1.165, 1.54) is 6.07 Å². The highest BCUT2D eigenvalue weighted by molar-refractivity contribution is 5.92. The van der Waals surface area contributed by atoms with Gasteiger partial charge in [0, 0.05) is 30.1 Å². The second-order valence-electron chi connectivity index (χ2n) is 9.16. The molecule has 1 aromatic heterocycles. The van der Waals surface area contributed by atoms with E-state index in [1.54, 1.807) is 26.4 Å². The molecule has 0 aliphatic carbocycles. The Labute approximate surface area is 220 Å². The molecular formula is C31H29NO6. The van der Waals surface area contributed by atoms with E-state index in [2.05, 4.69) is 0 Å². The highest BCUT2D eigenvalue weighted by Gasteiger charge is 2.32. The summed E-state index contributed by atoms with van der Waals surface area (Å²) in [4.78, 5) is 27.1. The molecule has 194 valence electrons. The van der Waals surface area contributed by atoms with Crippen LogP contribution in [0.25, 0.3) is 17.0 Å². The average molecular weight is 512 g/mol.